The predicted molar refractivity (Wildman–Crippen MR) is 56.8 cm³/mol. The predicted octanol–water partition coefficient (Wildman–Crippen LogP) is 1.16. The largest absolute Gasteiger partial charge is 0.353 e. The second-order valence-corrected chi connectivity index (χ2v) is 4.41. The minimum atomic E-state index is 0.150. The summed E-state index contributed by atoms with van der Waals surface area (Å²) in [7, 11) is 0. The van der Waals surface area contributed by atoms with Crippen molar-refractivity contribution in [3.05, 3.63) is 0 Å². The van der Waals surface area contributed by atoms with Crippen LogP contribution in [0.25, 0.3) is 0 Å². The van der Waals surface area contributed by atoms with Gasteiger partial charge >= 0.3 is 0 Å². The van der Waals surface area contributed by atoms with Gasteiger partial charge in [-0.3, -0.25) is 4.79 Å². The highest BCUT2D eigenvalue weighted by Gasteiger charge is 2.19. The van der Waals surface area contributed by atoms with E-state index in [2.05, 4.69) is 21.2 Å². The Bertz CT molecular complexity index is 167. The van der Waals surface area contributed by atoms with Gasteiger partial charge in [0.15, 0.2) is 0 Å². The molecular formula is C9H17BrN2O. The molecule has 0 heterocycles. The van der Waals surface area contributed by atoms with Crippen molar-refractivity contribution in [1.82, 2.24) is 5.32 Å². The smallest absolute Gasteiger partial charge is 0.221 e. The van der Waals surface area contributed by atoms with E-state index in [1.807, 2.05) is 0 Å². The molecule has 3 nitrogen and oxygen atoms in total. The molecule has 0 aromatic heterocycles. The monoisotopic (exact) mass is 248 g/mol. The van der Waals surface area contributed by atoms with Crippen molar-refractivity contribution < 1.29 is 4.79 Å². The lowest BCUT2D eigenvalue weighted by molar-refractivity contribution is -0.121. The van der Waals surface area contributed by atoms with Crippen LogP contribution in [0.5, 0.6) is 0 Å². The molecule has 0 unspecified atom stereocenters. The van der Waals surface area contributed by atoms with Crippen molar-refractivity contribution >= 4 is 21.8 Å². The van der Waals surface area contributed by atoms with Gasteiger partial charge in [-0.15, -0.1) is 0 Å². The second-order valence-electron chi connectivity index (χ2n) is 3.62. The Morgan fingerprint density at radius 3 is 2.54 bits per heavy atom. The van der Waals surface area contributed by atoms with E-state index < -0.39 is 0 Å². The van der Waals surface area contributed by atoms with Crippen molar-refractivity contribution in [3.63, 3.8) is 0 Å². The van der Waals surface area contributed by atoms with Gasteiger partial charge in [0.25, 0.3) is 0 Å². The van der Waals surface area contributed by atoms with Crippen LogP contribution in [-0.2, 0) is 4.79 Å². The van der Waals surface area contributed by atoms with Gasteiger partial charge in [0.1, 0.15) is 0 Å². The number of nitrogens with one attached hydrogen (secondary N) is 1. The second kappa shape index (κ2) is 5.60. The van der Waals surface area contributed by atoms with Gasteiger partial charge in [-0.2, -0.15) is 0 Å². The molecule has 0 saturated heterocycles. The fourth-order valence-corrected chi connectivity index (χ4v) is 2.01. The van der Waals surface area contributed by atoms with E-state index in [9.17, 15) is 4.79 Å². The Balaban J connectivity index is 2.18. The number of rotatable bonds is 3. The van der Waals surface area contributed by atoms with Crippen molar-refractivity contribution in [2.24, 2.45) is 5.73 Å². The highest BCUT2D eigenvalue weighted by Crippen LogP contribution is 2.16. The van der Waals surface area contributed by atoms with Gasteiger partial charge in [-0.25, -0.2) is 0 Å². The molecule has 0 aromatic carbocycles. The third kappa shape index (κ3) is 4.09. The molecule has 1 saturated carbocycles. The summed E-state index contributed by atoms with van der Waals surface area (Å²) in [6.07, 6.45) is 4.73. The van der Waals surface area contributed by atoms with Gasteiger partial charge in [0, 0.05) is 23.8 Å². The van der Waals surface area contributed by atoms with Gasteiger partial charge < -0.3 is 11.1 Å². The Kier molecular flexibility index (Phi) is 4.73. The minimum Gasteiger partial charge on any atom is -0.353 e. The van der Waals surface area contributed by atoms with Crippen LogP contribution in [0.2, 0.25) is 0 Å². The van der Waals surface area contributed by atoms with E-state index in [4.69, 9.17) is 5.73 Å². The van der Waals surface area contributed by atoms with Crippen molar-refractivity contribution in [1.29, 1.82) is 0 Å². The van der Waals surface area contributed by atoms with Gasteiger partial charge in [0.05, 0.1) is 0 Å². The normalized spacial score (nSPS) is 28.5. The first kappa shape index (κ1) is 11.0. The summed E-state index contributed by atoms with van der Waals surface area (Å²) in [6.45, 7) is 0. The highest BCUT2D eigenvalue weighted by atomic mass is 79.9. The number of carbonyl (C=O) groups excluding carboxylic acids is 1. The SMILES string of the molecule is NC1CCC(NC(=O)CCBr)CC1. The number of carbonyl (C=O) groups is 1. The number of amides is 1. The van der Waals surface area contributed by atoms with Gasteiger partial charge in [0.2, 0.25) is 5.91 Å². The maximum absolute atomic E-state index is 11.2. The molecule has 0 aliphatic heterocycles. The lowest BCUT2D eigenvalue weighted by Gasteiger charge is -2.26. The van der Waals surface area contributed by atoms with E-state index >= 15 is 0 Å². The third-order valence-corrected chi connectivity index (χ3v) is 2.86. The van der Waals surface area contributed by atoms with Crippen LogP contribution < -0.4 is 11.1 Å². The van der Waals surface area contributed by atoms with Crippen LogP contribution in [0.3, 0.4) is 0 Å². The Labute approximate surface area is 87.6 Å². The number of alkyl halides is 1. The molecule has 0 bridgehead atoms. The zero-order valence-electron chi connectivity index (χ0n) is 7.76. The van der Waals surface area contributed by atoms with E-state index in [0.29, 0.717) is 18.5 Å². The number of hydrogen-bond acceptors (Lipinski definition) is 2. The Morgan fingerprint density at radius 2 is 2.00 bits per heavy atom. The molecule has 1 fully saturated rings. The summed E-state index contributed by atoms with van der Waals surface area (Å²) in [5.41, 5.74) is 5.77. The van der Waals surface area contributed by atoms with Crippen LogP contribution in [-0.4, -0.2) is 23.3 Å². The Morgan fingerprint density at radius 1 is 1.38 bits per heavy atom. The fourth-order valence-electron chi connectivity index (χ4n) is 1.65. The van der Waals surface area contributed by atoms with Gasteiger partial charge in [-0.1, -0.05) is 15.9 Å². The van der Waals surface area contributed by atoms with E-state index in [0.717, 1.165) is 31.0 Å². The highest BCUT2D eigenvalue weighted by molar-refractivity contribution is 9.09. The van der Waals surface area contributed by atoms with Gasteiger partial charge in [-0.05, 0) is 25.7 Å². The maximum Gasteiger partial charge on any atom is 0.221 e. The molecule has 76 valence electrons. The van der Waals surface area contributed by atoms with Crippen molar-refractivity contribution in [3.8, 4) is 0 Å². The molecular weight excluding hydrogens is 232 g/mol. The molecule has 4 heteroatoms. The van der Waals surface area contributed by atoms with Crippen LogP contribution in [0.4, 0.5) is 0 Å². The van der Waals surface area contributed by atoms with E-state index in [1.165, 1.54) is 0 Å². The van der Waals surface area contributed by atoms with Crippen LogP contribution in [0.1, 0.15) is 32.1 Å². The number of nitrogens with two attached hydrogens (primary N) is 1. The first-order chi connectivity index (χ1) is 6.22. The molecule has 1 amide bonds. The topological polar surface area (TPSA) is 55.1 Å². The first-order valence-electron chi connectivity index (χ1n) is 4.83. The standard InChI is InChI=1S/C9H17BrN2O/c10-6-5-9(13)12-8-3-1-7(11)2-4-8/h7-8H,1-6,11H2,(H,12,13). The summed E-state index contributed by atoms with van der Waals surface area (Å²) < 4.78 is 0. The lowest BCUT2D eigenvalue weighted by Crippen LogP contribution is -2.40. The molecule has 0 radical (unpaired) electrons. The average molecular weight is 249 g/mol. The maximum atomic E-state index is 11.2. The fraction of sp³-hybridized carbons (Fsp3) is 0.889. The molecule has 3 N–H and O–H groups in total. The zero-order chi connectivity index (χ0) is 9.68. The van der Waals surface area contributed by atoms with Crippen molar-refractivity contribution in [2.45, 2.75) is 44.2 Å². The van der Waals surface area contributed by atoms with Crippen molar-refractivity contribution in [2.75, 3.05) is 5.33 Å². The lowest BCUT2D eigenvalue weighted by atomic mass is 9.92. The van der Waals surface area contributed by atoms with Crippen LogP contribution in [0.15, 0.2) is 0 Å². The molecule has 0 aromatic rings. The zero-order valence-corrected chi connectivity index (χ0v) is 9.35. The van der Waals surface area contributed by atoms with Crippen LogP contribution in [0, 0.1) is 0 Å². The molecule has 1 aliphatic rings. The molecule has 1 aliphatic carbocycles. The quantitative estimate of drug-likeness (QED) is 0.737. The summed E-state index contributed by atoms with van der Waals surface area (Å²) in [6, 6.07) is 0.718. The number of halogens is 1. The average Bonchev–Trinajstić information content (AvgIpc) is 2.09. The van der Waals surface area contributed by atoms with Crippen LogP contribution >= 0.6 is 15.9 Å². The first-order valence-corrected chi connectivity index (χ1v) is 5.95. The summed E-state index contributed by atoms with van der Waals surface area (Å²) in [5, 5.41) is 3.76. The Hall–Kier alpha value is -0.0900. The molecule has 13 heavy (non-hydrogen) atoms. The van der Waals surface area contributed by atoms with E-state index in [-0.39, 0.29) is 5.91 Å². The minimum absolute atomic E-state index is 0.150. The third-order valence-electron chi connectivity index (χ3n) is 2.46. The molecule has 1 rings (SSSR count). The summed E-state index contributed by atoms with van der Waals surface area (Å²) in [5.74, 6) is 0.150. The summed E-state index contributed by atoms with van der Waals surface area (Å²) >= 11 is 3.24. The summed E-state index contributed by atoms with van der Waals surface area (Å²) in [4.78, 5) is 11.2. The number of hydrogen-bond donors (Lipinski definition) is 2. The molecule has 0 atom stereocenters. The van der Waals surface area contributed by atoms with E-state index in [1.54, 1.807) is 0 Å². The molecule has 0 spiro atoms.